The molecule has 0 heterocycles. The highest BCUT2D eigenvalue weighted by Crippen LogP contribution is 2.23. The molecule has 3 nitrogen and oxygen atoms in total. The molecule has 3 heteroatoms. The zero-order valence-electron chi connectivity index (χ0n) is 11.4. The zero-order chi connectivity index (χ0) is 13.0. The van der Waals surface area contributed by atoms with Gasteiger partial charge in [-0.15, -0.1) is 0 Å². The van der Waals surface area contributed by atoms with Crippen LogP contribution in [0.15, 0.2) is 24.3 Å². The van der Waals surface area contributed by atoms with Crippen LogP contribution in [0.25, 0.3) is 0 Å². The van der Waals surface area contributed by atoms with Crippen LogP contribution in [0.1, 0.15) is 31.2 Å². The van der Waals surface area contributed by atoms with Gasteiger partial charge in [-0.2, -0.15) is 0 Å². The molecule has 2 rings (SSSR count). The van der Waals surface area contributed by atoms with Crippen molar-refractivity contribution >= 4 is 0 Å². The SMILES string of the molecule is COc1cccc(CN(C)C2CCCCC2N)c1. The second-order valence-corrected chi connectivity index (χ2v) is 5.28. The minimum Gasteiger partial charge on any atom is -0.497 e. The molecule has 100 valence electrons. The number of rotatable bonds is 4. The maximum absolute atomic E-state index is 6.22. The molecule has 0 radical (unpaired) electrons. The van der Waals surface area contributed by atoms with Gasteiger partial charge in [0.15, 0.2) is 0 Å². The third kappa shape index (κ3) is 3.24. The topological polar surface area (TPSA) is 38.5 Å². The summed E-state index contributed by atoms with van der Waals surface area (Å²) >= 11 is 0. The molecule has 1 fully saturated rings. The van der Waals surface area contributed by atoms with Crippen molar-refractivity contribution in [3.63, 3.8) is 0 Å². The molecule has 1 aromatic carbocycles. The van der Waals surface area contributed by atoms with Crippen molar-refractivity contribution in [1.82, 2.24) is 4.90 Å². The Kier molecular flexibility index (Phi) is 4.61. The molecule has 2 unspecified atom stereocenters. The molecule has 0 spiro atoms. The molecule has 0 aromatic heterocycles. The Morgan fingerprint density at radius 1 is 1.33 bits per heavy atom. The Balaban J connectivity index is 1.98. The number of hydrogen-bond donors (Lipinski definition) is 1. The number of likely N-dealkylation sites (N-methyl/N-ethyl adjacent to an activating group) is 1. The third-order valence-corrected chi connectivity index (χ3v) is 3.91. The molecule has 0 saturated heterocycles. The molecule has 18 heavy (non-hydrogen) atoms. The maximum atomic E-state index is 6.22. The summed E-state index contributed by atoms with van der Waals surface area (Å²) in [7, 11) is 3.88. The van der Waals surface area contributed by atoms with Gasteiger partial charge in [0.2, 0.25) is 0 Å². The van der Waals surface area contributed by atoms with Crippen LogP contribution in [-0.4, -0.2) is 31.1 Å². The van der Waals surface area contributed by atoms with Gasteiger partial charge in [0.1, 0.15) is 5.75 Å². The van der Waals surface area contributed by atoms with E-state index in [1.165, 1.54) is 24.8 Å². The Labute approximate surface area is 110 Å². The van der Waals surface area contributed by atoms with E-state index in [-0.39, 0.29) is 0 Å². The van der Waals surface area contributed by atoms with Crippen LogP contribution in [0.3, 0.4) is 0 Å². The maximum Gasteiger partial charge on any atom is 0.119 e. The minimum atomic E-state index is 0.328. The van der Waals surface area contributed by atoms with Crippen LogP contribution >= 0.6 is 0 Å². The molecule has 1 saturated carbocycles. The third-order valence-electron chi connectivity index (χ3n) is 3.91. The second kappa shape index (κ2) is 6.21. The molecule has 1 aromatic rings. The summed E-state index contributed by atoms with van der Waals surface area (Å²) in [6.07, 6.45) is 4.97. The summed E-state index contributed by atoms with van der Waals surface area (Å²) in [6.45, 7) is 0.940. The first-order valence-corrected chi connectivity index (χ1v) is 6.79. The van der Waals surface area contributed by atoms with Crippen LogP contribution in [0.2, 0.25) is 0 Å². The van der Waals surface area contributed by atoms with Gasteiger partial charge in [0.05, 0.1) is 7.11 Å². The molecule has 2 N–H and O–H groups in total. The minimum absolute atomic E-state index is 0.328. The van der Waals surface area contributed by atoms with Crippen LogP contribution in [0.5, 0.6) is 5.75 Å². The summed E-state index contributed by atoms with van der Waals surface area (Å²) in [6, 6.07) is 9.12. The number of benzene rings is 1. The normalized spacial score (nSPS) is 24.2. The molecule has 0 bridgehead atoms. The Hall–Kier alpha value is -1.06. The van der Waals surface area contributed by atoms with Gasteiger partial charge in [-0.05, 0) is 37.6 Å². The highest BCUT2D eigenvalue weighted by molar-refractivity contribution is 5.28. The molecular weight excluding hydrogens is 224 g/mol. The summed E-state index contributed by atoms with van der Waals surface area (Å²) in [4.78, 5) is 2.39. The predicted octanol–water partition coefficient (Wildman–Crippen LogP) is 2.40. The van der Waals surface area contributed by atoms with Crippen molar-refractivity contribution in [1.29, 1.82) is 0 Å². The van der Waals surface area contributed by atoms with Crippen molar-refractivity contribution in [3.05, 3.63) is 29.8 Å². The van der Waals surface area contributed by atoms with Crippen LogP contribution in [0, 0.1) is 0 Å². The highest BCUT2D eigenvalue weighted by atomic mass is 16.5. The van der Waals surface area contributed by atoms with Gasteiger partial charge in [-0.3, -0.25) is 4.90 Å². The van der Waals surface area contributed by atoms with Gasteiger partial charge in [-0.25, -0.2) is 0 Å². The number of hydrogen-bond acceptors (Lipinski definition) is 3. The van der Waals surface area contributed by atoms with Crippen LogP contribution in [0.4, 0.5) is 0 Å². The standard InChI is InChI=1S/C15H24N2O/c1-17(15-9-4-3-8-14(15)16)11-12-6-5-7-13(10-12)18-2/h5-7,10,14-15H,3-4,8-9,11,16H2,1-2H3. The van der Waals surface area contributed by atoms with E-state index >= 15 is 0 Å². The van der Waals surface area contributed by atoms with E-state index in [0.717, 1.165) is 18.7 Å². The smallest absolute Gasteiger partial charge is 0.119 e. The Bertz CT molecular complexity index is 381. The molecule has 1 aliphatic carbocycles. The lowest BCUT2D eigenvalue weighted by molar-refractivity contribution is 0.162. The van der Waals surface area contributed by atoms with E-state index in [0.29, 0.717) is 12.1 Å². The summed E-state index contributed by atoms with van der Waals surface area (Å²) < 4.78 is 5.26. The fraction of sp³-hybridized carbons (Fsp3) is 0.600. The molecule has 1 aliphatic rings. The molecule has 0 amide bonds. The number of ether oxygens (including phenoxy) is 1. The first-order chi connectivity index (χ1) is 8.70. The van der Waals surface area contributed by atoms with Crippen molar-refractivity contribution in [3.8, 4) is 5.75 Å². The Morgan fingerprint density at radius 3 is 2.83 bits per heavy atom. The summed E-state index contributed by atoms with van der Waals surface area (Å²) in [5.41, 5.74) is 7.51. The first-order valence-electron chi connectivity index (χ1n) is 6.79. The van der Waals surface area contributed by atoms with Crippen LogP contribution < -0.4 is 10.5 Å². The molecular formula is C15H24N2O. The quantitative estimate of drug-likeness (QED) is 0.889. The average molecular weight is 248 g/mol. The summed E-state index contributed by atoms with van der Waals surface area (Å²) in [5.74, 6) is 0.925. The highest BCUT2D eigenvalue weighted by Gasteiger charge is 2.25. The fourth-order valence-electron chi connectivity index (χ4n) is 2.86. The number of methoxy groups -OCH3 is 1. The van der Waals surface area contributed by atoms with Crippen molar-refractivity contribution in [2.45, 2.75) is 44.3 Å². The Morgan fingerprint density at radius 2 is 2.11 bits per heavy atom. The second-order valence-electron chi connectivity index (χ2n) is 5.28. The molecule has 0 aliphatic heterocycles. The van der Waals surface area contributed by atoms with E-state index in [4.69, 9.17) is 10.5 Å². The van der Waals surface area contributed by atoms with Gasteiger partial charge in [0.25, 0.3) is 0 Å². The zero-order valence-corrected chi connectivity index (χ0v) is 11.4. The monoisotopic (exact) mass is 248 g/mol. The van der Waals surface area contributed by atoms with E-state index in [1.54, 1.807) is 7.11 Å². The largest absolute Gasteiger partial charge is 0.497 e. The van der Waals surface area contributed by atoms with E-state index in [1.807, 2.05) is 12.1 Å². The lowest BCUT2D eigenvalue weighted by atomic mass is 9.90. The molecule has 2 atom stereocenters. The van der Waals surface area contributed by atoms with Gasteiger partial charge in [-0.1, -0.05) is 25.0 Å². The van der Waals surface area contributed by atoms with Crippen molar-refractivity contribution in [2.75, 3.05) is 14.2 Å². The lowest BCUT2D eigenvalue weighted by Gasteiger charge is -2.36. The fourth-order valence-corrected chi connectivity index (χ4v) is 2.86. The lowest BCUT2D eigenvalue weighted by Crippen LogP contribution is -2.47. The van der Waals surface area contributed by atoms with Crippen molar-refractivity contribution in [2.24, 2.45) is 5.73 Å². The average Bonchev–Trinajstić information content (AvgIpc) is 2.39. The number of nitrogens with two attached hydrogens (primary N) is 1. The predicted molar refractivity (Wildman–Crippen MR) is 74.7 cm³/mol. The van der Waals surface area contributed by atoms with Gasteiger partial charge >= 0.3 is 0 Å². The summed E-state index contributed by atoms with van der Waals surface area (Å²) in [5, 5.41) is 0. The van der Waals surface area contributed by atoms with E-state index in [2.05, 4.69) is 24.1 Å². The number of nitrogens with zero attached hydrogens (tertiary/aromatic N) is 1. The van der Waals surface area contributed by atoms with E-state index < -0.39 is 0 Å². The van der Waals surface area contributed by atoms with E-state index in [9.17, 15) is 0 Å². The van der Waals surface area contributed by atoms with Crippen LogP contribution in [-0.2, 0) is 6.54 Å². The van der Waals surface area contributed by atoms with Crippen molar-refractivity contribution < 1.29 is 4.74 Å². The van der Waals surface area contributed by atoms with Gasteiger partial charge in [0, 0.05) is 18.6 Å². The van der Waals surface area contributed by atoms with Gasteiger partial charge < -0.3 is 10.5 Å². The first kappa shape index (κ1) is 13.4.